The minimum absolute atomic E-state index is 0.0347. The molecule has 1 amide bonds. The maximum Gasteiger partial charge on any atom is 0.336 e. The standard InChI is InChI=1S/C10H7NO4/c1-4-2-3-5(10(14)15)6-7(4)11-9(13)8(6)12/h2-3H,1H3,(H,14,15)(H,11,12,13). The number of rotatable bonds is 1. The molecule has 2 rings (SSSR count). The number of Topliss-reactive ketones (excluding diaryl/α,β-unsaturated/α-hetero) is 1. The Kier molecular flexibility index (Phi) is 1.82. The Morgan fingerprint density at radius 1 is 1.33 bits per heavy atom. The van der Waals surface area contributed by atoms with Gasteiger partial charge in [-0.05, 0) is 18.6 Å². The second-order valence-corrected chi connectivity index (χ2v) is 3.27. The Morgan fingerprint density at radius 3 is 2.60 bits per heavy atom. The summed E-state index contributed by atoms with van der Waals surface area (Å²) in [7, 11) is 0. The second kappa shape index (κ2) is 2.91. The van der Waals surface area contributed by atoms with Crippen LogP contribution < -0.4 is 5.32 Å². The minimum Gasteiger partial charge on any atom is -0.478 e. The molecule has 5 heteroatoms. The summed E-state index contributed by atoms with van der Waals surface area (Å²) in [6.45, 7) is 1.70. The predicted octanol–water partition coefficient (Wildman–Crippen LogP) is 0.828. The van der Waals surface area contributed by atoms with Gasteiger partial charge in [0.1, 0.15) is 0 Å². The number of carboxylic acids is 1. The van der Waals surface area contributed by atoms with Crippen molar-refractivity contribution in [1.29, 1.82) is 0 Å². The van der Waals surface area contributed by atoms with Crippen LogP contribution in [0.15, 0.2) is 12.1 Å². The second-order valence-electron chi connectivity index (χ2n) is 3.27. The van der Waals surface area contributed by atoms with Crippen LogP contribution in [0.25, 0.3) is 0 Å². The first-order valence-corrected chi connectivity index (χ1v) is 4.25. The van der Waals surface area contributed by atoms with Gasteiger partial charge < -0.3 is 10.4 Å². The lowest BCUT2D eigenvalue weighted by atomic mass is 10.0. The lowest BCUT2D eigenvalue weighted by molar-refractivity contribution is -0.112. The molecule has 1 aliphatic heterocycles. The molecule has 0 fully saturated rings. The molecule has 1 heterocycles. The number of carbonyl (C=O) groups is 3. The summed E-state index contributed by atoms with van der Waals surface area (Å²) in [6.07, 6.45) is 0. The molecular formula is C10H7NO4. The van der Waals surface area contributed by atoms with Crippen molar-refractivity contribution in [2.24, 2.45) is 0 Å². The zero-order valence-electron chi connectivity index (χ0n) is 7.83. The molecule has 0 unspecified atom stereocenters. The van der Waals surface area contributed by atoms with E-state index in [-0.39, 0.29) is 11.1 Å². The summed E-state index contributed by atoms with van der Waals surface area (Å²) >= 11 is 0. The highest BCUT2D eigenvalue weighted by atomic mass is 16.4. The van der Waals surface area contributed by atoms with Crippen molar-refractivity contribution in [3.8, 4) is 0 Å². The van der Waals surface area contributed by atoms with Gasteiger partial charge in [0.25, 0.3) is 11.7 Å². The minimum atomic E-state index is -1.21. The number of carbonyl (C=O) groups excluding carboxylic acids is 2. The number of nitrogens with one attached hydrogen (secondary N) is 1. The fraction of sp³-hybridized carbons (Fsp3) is 0.100. The van der Waals surface area contributed by atoms with Crippen molar-refractivity contribution in [2.45, 2.75) is 6.92 Å². The number of carboxylic acid groups (broad SMARTS) is 1. The topological polar surface area (TPSA) is 83.5 Å². The lowest BCUT2D eigenvalue weighted by Crippen LogP contribution is -2.14. The average molecular weight is 205 g/mol. The molecule has 0 aliphatic carbocycles. The number of hydrogen-bond acceptors (Lipinski definition) is 3. The smallest absolute Gasteiger partial charge is 0.336 e. The van der Waals surface area contributed by atoms with Gasteiger partial charge in [0, 0.05) is 0 Å². The van der Waals surface area contributed by atoms with E-state index in [2.05, 4.69) is 5.32 Å². The SMILES string of the molecule is Cc1ccc(C(=O)O)c2c1NC(=O)C2=O. The predicted molar refractivity (Wildman–Crippen MR) is 51.1 cm³/mol. The summed E-state index contributed by atoms with van der Waals surface area (Å²) in [5.74, 6) is -2.77. The number of aromatic carboxylic acids is 1. The third-order valence-corrected chi connectivity index (χ3v) is 2.32. The molecule has 0 atom stereocenters. The van der Waals surface area contributed by atoms with Gasteiger partial charge in [0.15, 0.2) is 0 Å². The summed E-state index contributed by atoms with van der Waals surface area (Å²) in [6, 6.07) is 2.88. The maximum absolute atomic E-state index is 11.4. The summed E-state index contributed by atoms with van der Waals surface area (Å²) < 4.78 is 0. The molecule has 1 aliphatic rings. The van der Waals surface area contributed by atoms with Gasteiger partial charge in [0.05, 0.1) is 16.8 Å². The molecule has 2 N–H and O–H groups in total. The Labute approximate surface area is 84.7 Å². The van der Waals surface area contributed by atoms with E-state index < -0.39 is 17.7 Å². The molecule has 1 aromatic rings. The van der Waals surface area contributed by atoms with Crippen LogP contribution in [0.1, 0.15) is 26.3 Å². The van der Waals surface area contributed by atoms with Crippen LogP contribution in [0, 0.1) is 6.92 Å². The van der Waals surface area contributed by atoms with E-state index in [1.807, 2.05) is 0 Å². The maximum atomic E-state index is 11.4. The van der Waals surface area contributed by atoms with Crippen molar-refractivity contribution in [3.05, 3.63) is 28.8 Å². The third-order valence-electron chi connectivity index (χ3n) is 2.32. The van der Waals surface area contributed by atoms with E-state index in [0.717, 1.165) is 0 Å². The highest BCUT2D eigenvalue weighted by molar-refractivity contribution is 6.52. The molecule has 0 spiro atoms. The largest absolute Gasteiger partial charge is 0.478 e. The zero-order chi connectivity index (χ0) is 11.2. The number of aryl methyl sites for hydroxylation is 1. The molecule has 1 aromatic carbocycles. The number of fused-ring (bicyclic) bond motifs is 1. The van der Waals surface area contributed by atoms with Crippen molar-refractivity contribution in [2.75, 3.05) is 5.32 Å². The fourth-order valence-electron chi connectivity index (χ4n) is 1.57. The van der Waals surface area contributed by atoms with Gasteiger partial charge in [-0.2, -0.15) is 0 Å². The third kappa shape index (κ3) is 1.20. The van der Waals surface area contributed by atoms with Crippen molar-refractivity contribution in [3.63, 3.8) is 0 Å². The first-order chi connectivity index (χ1) is 7.02. The monoisotopic (exact) mass is 205 g/mol. The summed E-state index contributed by atoms with van der Waals surface area (Å²) in [5, 5.41) is 11.2. The van der Waals surface area contributed by atoms with E-state index in [0.29, 0.717) is 11.3 Å². The number of hydrogen-bond donors (Lipinski definition) is 2. The van der Waals surface area contributed by atoms with Crippen LogP contribution in [0.3, 0.4) is 0 Å². The van der Waals surface area contributed by atoms with Gasteiger partial charge in [-0.1, -0.05) is 6.07 Å². The first-order valence-electron chi connectivity index (χ1n) is 4.25. The van der Waals surface area contributed by atoms with Crippen molar-refractivity contribution < 1.29 is 19.5 Å². The molecule has 0 bridgehead atoms. The summed E-state index contributed by atoms with van der Waals surface area (Å²) in [4.78, 5) is 33.3. The average Bonchev–Trinajstić information content (AvgIpc) is 2.46. The van der Waals surface area contributed by atoms with Gasteiger partial charge in [-0.25, -0.2) is 4.79 Å². The van der Waals surface area contributed by atoms with Crippen LogP contribution >= 0.6 is 0 Å². The highest BCUT2D eigenvalue weighted by Crippen LogP contribution is 2.29. The fourth-order valence-corrected chi connectivity index (χ4v) is 1.57. The van der Waals surface area contributed by atoms with E-state index in [4.69, 9.17) is 5.11 Å². The molecule has 0 aromatic heterocycles. The molecule has 15 heavy (non-hydrogen) atoms. The lowest BCUT2D eigenvalue weighted by Gasteiger charge is -2.04. The van der Waals surface area contributed by atoms with E-state index in [1.54, 1.807) is 13.0 Å². The zero-order valence-corrected chi connectivity index (χ0v) is 7.83. The Balaban J connectivity index is 2.76. The van der Waals surface area contributed by atoms with Crippen LogP contribution in [0.4, 0.5) is 5.69 Å². The van der Waals surface area contributed by atoms with Gasteiger partial charge in [-0.15, -0.1) is 0 Å². The van der Waals surface area contributed by atoms with E-state index in [9.17, 15) is 14.4 Å². The van der Waals surface area contributed by atoms with Crippen LogP contribution in [0.5, 0.6) is 0 Å². The molecule has 0 saturated carbocycles. The van der Waals surface area contributed by atoms with Crippen molar-refractivity contribution >= 4 is 23.3 Å². The number of benzene rings is 1. The van der Waals surface area contributed by atoms with Gasteiger partial charge in [0.2, 0.25) is 0 Å². The van der Waals surface area contributed by atoms with Crippen LogP contribution in [-0.2, 0) is 4.79 Å². The Morgan fingerprint density at radius 2 is 2.00 bits per heavy atom. The molecule has 0 saturated heterocycles. The van der Waals surface area contributed by atoms with Crippen molar-refractivity contribution in [1.82, 2.24) is 0 Å². The number of anilines is 1. The molecule has 0 radical (unpaired) electrons. The Hall–Kier alpha value is -2.17. The van der Waals surface area contributed by atoms with Crippen LogP contribution in [0.2, 0.25) is 0 Å². The van der Waals surface area contributed by atoms with Gasteiger partial charge >= 0.3 is 5.97 Å². The quantitative estimate of drug-likeness (QED) is 0.665. The Bertz CT molecular complexity index is 504. The van der Waals surface area contributed by atoms with Gasteiger partial charge in [-0.3, -0.25) is 9.59 Å². The summed E-state index contributed by atoms with van der Waals surface area (Å²) in [5.41, 5.74) is 0.811. The number of ketones is 1. The molecule has 76 valence electrons. The van der Waals surface area contributed by atoms with E-state index >= 15 is 0 Å². The highest BCUT2D eigenvalue weighted by Gasteiger charge is 2.33. The first kappa shape index (κ1) is 9.39. The molecular weight excluding hydrogens is 198 g/mol. The molecule has 5 nitrogen and oxygen atoms in total. The van der Waals surface area contributed by atoms with Crippen LogP contribution in [-0.4, -0.2) is 22.8 Å². The van der Waals surface area contributed by atoms with E-state index in [1.165, 1.54) is 6.07 Å². The normalized spacial score (nSPS) is 13.7. The number of amides is 1.